The molecule has 1 atom stereocenters. The van der Waals surface area contributed by atoms with Gasteiger partial charge in [0.05, 0.1) is 20.3 Å². The zero-order valence-electron chi connectivity index (χ0n) is 17.8. The van der Waals surface area contributed by atoms with E-state index in [0.717, 1.165) is 33.8 Å². The van der Waals surface area contributed by atoms with Crippen molar-refractivity contribution in [1.82, 2.24) is 4.90 Å². The van der Waals surface area contributed by atoms with Gasteiger partial charge in [-0.3, -0.25) is 4.79 Å². The zero-order valence-corrected chi connectivity index (χ0v) is 17.8. The van der Waals surface area contributed by atoms with Crippen LogP contribution in [0.1, 0.15) is 28.3 Å². The number of hydrogen-bond acceptors (Lipinski definition) is 4. The summed E-state index contributed by atoms with van der Waals surface area (Å²) in [6.45, 7) is 2.39. The van der Waals surface area contributed by atoms with Crippen molar-refractivity contribution in [2.45, 2.75) is 19.5 Å². The molecule has 0 spiro atoms. The molecular formula is C26H25NO4. The van der Waals surface area contributed by atoms with Crippen LogP contribution in [0.15, 0.2) is 78.6 Å². The molecule has 0 saturated carbocycles. The molecule has 0 unspecified atom stereocenters. The number of ether oxygens (including phenoxy) is 2. The number of hydrogen-bond donors (Lipinski definition) is 1. The van der Waals surface area contributed by atoms with E-state index in [1.165, 1.54) is 0 Å². The number of benzene rings is 3. The van der Waals surface area contributed by atoms with Gasteiger partial charge in [-0.25, -0.2) is 0 Å². The van der Waals surface area contributed by atoms with Crippen LogP contribution in [0, 0.1) is 6.92 Å². The summed E-state index contributed by atoms with van der Waals surface area (Å²) >= 11 is 0. The van der Waals surface area contributed by atoms with E-state index >= 15 is 0 Å². The molecule has 5 nitrogen and oxygen atoms in total. The van der Waals surface area contributed by atoms with E-state index in [9.17, 15) is 9.90 Å². The molecule has 3 aromatic carbocycles. The minimum Gasteiger partial charge on any atom is -0.503 e. The Balaban J connectivity index is 1.76. The molecule has 1 aliphatic heterocycles. The highest BCUT2D eigenvalue weighted by atomic mass is 16.5. The predicted molar refractivity (Wildman–Crippen MR) is 120 cm³/mol. The molecule has 31 heavy (non-hydrogen) atoms. The molecule has 1 N–H and O–H groups in total. The van der Waals surface area contributed by atoms with Gasteiger partial charge in [0.2, 0.25) is 0 Å². The topological polar surface area (TPSA) is 59.0 Å². The third-order valence-corrected chi connectivity index (χ3v) is 5.61. The van der Waals surface area contributed by atoms with Crippen molar-refractivity contribution < 1.29 is 19.4 Å². The molecule has 0 fully saturated rings. The lowest BCUT2D eigenvalue weighted by molar-refractivity contribution is -0.130. The Morgan fingerprint density at radius 1 is 0.839 bits per heavy atom. The van der Waals surface area contributed by atoms with E-state index in [1.54, 1.807) is 19.1 Å². The van der Waals surface area contributed by atoms with Gasteiger partial charge < -0.3 is 19.5 Å². The molecule has 4 rings (SSSR count). The van der Waals surface area contributed by atoms with Crippen LogP contribution in [0.5, 0.6) is 11.5 Å². The van der Waals surface area contributed by atoms with Crippen LogP contribution >= 0.6 is 0 Å². The van der Waals surface area contributed by atoms with Crippen LogP contribution in [0.4, 0.5) is 0 Å². The van der Waals surface area contributed by atoms with E-state index in [-0.39, 0.29) is 11.7 Å². The molecule has 0 bridgehead atoms. The second-order valence-corrected chi connectivity index (χ2v) is 7.59. The normalized spacial score (nSPS) is 16.0. The monoisotopic (exact) mass is 415 g/mol. The Hall–Kier alpha value is -3.73. The van der Waals surface area contributed by atoms with Crippen LogP contribution in [-0.2, 0) is 11.3 Å². The van der Waals surface area contributed by atoms with Gasteiger partial charge in [-0.15, -0.1) is 0 Å². The minimum atomic E-state index is -0.399. The van der Waals surface area contributed by atoms with Gasteiger partial charge >= 0.3 is 0 Å². The number of aryl methyl sites for hydroxylation is 1. The number of aliphatic hydroxyl groups excluding tert-OH is 1. The lowest BCUT2D eigenvalue weighted by Crippen LogP contribution is -2.29. The molecule has 158 valence electrons. The average Bonchev–Trinajstić information content (AvgIpc) is 3.05. The van der Waals surface area contributed by atoms with E-state index in [0.29, 0.717) is 12.1 Å². The van der Waals surface area contributed by atoms with E-state index in [1.807, 2.05) is 79.7 Å². The van der Waals surface area contributed by atoms with Crippen LogP contribution in [-0.4, -0.2) is 30.1 Å². The third-order valence-electron chi connectivity index (χ3n) is 5.61. The first kappa shape index (κ1) is 20.5. The summed E-state index contributed by atoms with van der Waals surface area (Å²) in [5.74, 6) is 0.873. The molecule has 1 heterocycles. The zero-order chi connectivity index (χ0) is 22.0. The Morgan fingerprint density at radius 2 is 1.39 bits per heavy atom. The Bertz CT molecular complexity index is 1100. The second-order valence-electron chi connectivity index (χ2n) is 7.59. The van der Waals surface area contributed by atoms with Crippen molar-refractivity contribution in [1.29, 1.82) is 0 Å². The molecule has 0 aliphatic carbocycles. The number of nitrogens with zero attached hydrogens (tertiary/aromatic N) is 1. The standard InChI is InChI=1S/C26H25NO4/c1-17-4-8-20(9-5-17)24-23(19-10-14-22(31-3)15-11-19)25(28)26(29)27(24)16-18-6-12-21(30-2)13-7-18/h4-15,24,28H,16H2,1-3H3/t24-/m0/s1. The van der Waals surface area contributed by atoms with Gasteiger partial charge in [0.25, 0.3) is 5.91 Å². The maximum atomic E-state index is 13.2. The first-order chi connectivity index (χ1) is 15.0. The number of methoxy groups -OCH3 is 2. The SMILES string of the molecule is COc1ccc(CN2C(=O)C(O)=C(c3ccc(OC)cc3)[C@@H]2c2ccc(C)cc2)cc1. The van der Waals surface area contributed by atoms with Crippen LogP contribution < -0.4 is 9.47 Å². The van der Waals surface area contributed by atoms with Crippen molar-refractivity contribution in [3.8, 4) is 11.5 Å². The molecule has 5 heteroatoms. The summed E-state index contributed by atoms with van der Waals surface area (Å²) in [6, 6.07) is 22.7. The molecule has 1 amide bonds. The quantitative estimate of drug-likeness (QED) is 0.611. The number of rotatable bonds is 6. The fourth-order valence-electron chi connectivity index (χ4n) is 3.91. The summed E-state index contributed by atoms with van der Waals surface area (Å²) in [5.41, 5.74) is 4.42. The van der Waals surface area contributed by atoms with Crippen molar-refractivity contribution >= 4 is 11.5 Å². The van der Waals surface area contributed by atoms with Gasteiger partial charge in [-0.05, 0) is 47.9 Å². The van der Waals surface area contributed by atoms with Crippen molar-refractivity contribution in [3.05, 3.63) is 101 Å². The summed E-state index contributed by atoms with van der Waals surface area (Å²) in [6.07, 6.45) is 0. The second kappa shape index (κ2) is 8.56. The highest BCUT2D eigenvalue weighted by Crippen LogP contribution is 2.44. The lowest BCUT2D eigenvalue weighted by atomic mass is 9.93. The number of aliphatic hydroxyl groups is 1. The summed E-state index contributed by atoms with van der Waals surface area (Å²) < 4.78 is 10.5. The summed E-state index contributed by atoms with van der Waals surface area (Å²) in [4.78, 5) is 14.9. The highest BCUT2D eigenvalue weighted by molar-refractivity contribution is 6.05. The Morgan fingerprint density at radius 3 is 1.94 bits per heavy atom. The summed E-state index contributed by atoms with van der Waals surface area (Å²) in [5, 5.41) is 10.9. The fourth-order valence-corrected chi connectivity index (χ4v) is 3.91. The van der Waals surface area contributed by atoms with Crippen LogP contribution in [0.25, 0.3) is 5.57 Å². The molecule has 0 radical (unpaired) electrons. The van der Waals surface area contributed by atoms with E-state index < -0.39 is 6.04 Å². The molecule has 1 aliphatic rings. The Kier molecular flexibility index (Phi) is 5.67. The number of amides is 1. The average molecular weight is 415 g/mol. The van der Waals surface area contributed by atoms with Gasteiger partial charge in [-0.2, -0.15) is 0 Å². The number of carbonyl (C=O) groups excluding carboxylic acids is 1. The van der Waals surface area contributed by atoms with Gasteiger partial charge in [0, 0.05) is 12.1 Å². The lowest BCUT2D eigenvalue weighted by Gasteiger charge is -2.27. The Labute approximate surface area is 182 Å². The summed E-state index contributed by atoms with van der Waals surface area (Å²) in [7, 11) is 3.23. The molecule has 0 saturated heterocycles. The van der Waals surface area contributed by atoms with Crippen molar-refractivity contribution in [2.24, 2.45) is 0 Å². The fraction of sp³-hybridized carbons (Fsp3) is 0.192. The van der Waals surface area contributed by atoms with Crippen molar-refractivity contribution in [3.63, 3.8) is 0 Å². The van der Waals surface area contributed by atoms with E-state index in [4.69, 9.17) is 9.47 Å². The highest BCUT2D eigenvalue weighted by Gasteiger charge is 2.40. The van der Waals surface area contributed by atoms with Crippen molar-refractivity contribution in [2.75, 3.05) is 14.2 Å². The first-order valence-corrected chi connectivity index (χ1v) is 10.1. The molecule has 0 aromatic heterocycles. The van der Waals surface area contributed by atoms with E-state index in [2.05, 4.69) is 0 Å². The smallest absolute Gasteiger partial charge is 0.290 e. The molecule has 3 aromatic rings. The minimum absolute atomic E-state index is 0.218. The van der Waals surface area contributed by atoms with Gasteiger partial charge in [0.1, 0.15) is 11.5 Å². The predicted octanol–water partition coefficient (Wildman–Crippen LogP) is 5.07. The van der Waals surface area contributed by atoms with Crippen LogP contribution in [0.2, 0.25) is 0 Å². The molecular weight excluding hydrogens is 390 g/mol. The van der Waals surface area contributed by atoms with Gasteiger partial charge in [0.15, 0.2) is 5.76 Å². The maximum absolute atomic E-state index is 13.2. The third kappa shape index (κ3) is 3.99. The number of carbonyl (C=O) groups is 1. The van der Waals surface area contributed by atoms with Gasteiger partial charge in [-0.1, -0.05) is 54.1 Å². The largest absolute Gasteiger partial charge is 0.503 e. The first-order valence-electron chi connectivity index (χ1n) is 10.1. The van der Waals surface area contributed by atoms with Crippen LogP contribution in [0.3, 0.4) is 0 Å². The maximum Gasteiger partial charge on any atom is 0.290 e.